The number of piperazine rings is 1. The van der Waals surface area contributed by atoms with Crippen molar-refractivity contribution < 1.29 is 4.79 Å². The molecule has 0 radical (unpaired) electrons. The van der Waals surface area contributed by atoms with Crippen LogP contribution in [0.5, 0.6) is 0 Å². The summed E-state index contributed by atoms with van der Waals surface area (Å²) >= 11 is 9.07. The molecule has 0 spiro atoms. The Bertz CT molecular complexity index is 422. The Labute approximate surface area is 120 Å². The molecule has 1 aromatic heterocycles. The molecule has 1 saturated heterocycles. The van der Waals surface area contributed by atoms with Gasteiger partial charge in [0.25, 0.3) is 5.91 Å². The van der Waals surface area contributed by atoms with Gasteiger partial charge in [0.05, 0.1) is 0 Å². The van der Waals surface area contributed by atoms with E-state index in [1.807, 2.05) is 11.0 Å². The Balaban J connectivity index is 1.98. The van der Waals surface area contributed by atoms with E-state index in [0.29, 0.717) is 11.6 Å². The zero-order valence-electron chi connectivity index (χ0n) is 9.98. The third-order valence-electron chi connectivity index (χ3n) is 3.02. The lowest BCUT2D eigenvalue weighted by molar-refractivity contribution is 0.0637. The van der Waals surface area contributed by atoms with E-state index in [9.17, 15) is 4.79 Å². The van der Waals surface area contributed by atoms with Crippen LogP contribution in [0, 0.1) is 0 Å². The van der Waals surface area contributed by atoms with E-state index in [1.54, 1.807) is 12.3 Å². The van der Waals surface area contributed by atoms with Crippen LogP contribution in [0.4, 0.5) is 0 Å². The fourth-order valence-corrected chi connectivity index (χ4v) is 2.65. The monoisotopic (exact) mass is 331 g/mol. The Hall–Kier alpha value is -0.650. The van der Waals surface area contributed by atoms with Crippen molar-refractivity contribution in [3.8, 4) is 0 Å². The van der Waals surface area contributed by atoms with Crippen LogP contribution in [0.2, 0.25) is 0 Å². The topological polar surface area (TPSA) is 36.4 Å². The van der Waals surface area contributed by atoms with Gasteiger partial charge < -0.3 is 4.90 Å². The number of pyridine rings is 1. The Kier molecular flexibility index (Phi) is 4.97. The van der Waals surface area contributed by atoms with E-state index in [4.69, 9.17) is 11.6 Å². The summed E-state index contributed by atoms with van der Waals surface area (Å²) in [5, 5.41) is 0. The van der Waals surface area contributed by atoms with Gasteiger partial charge >= 0.3 is 0 Å². The number of carbonyl (C=O) groups excluding carboxylic acids is 1. The second-order valence-corrected chi connectivity index (χ2v) is 5.39. The van der Waals surface area contributed by atoms with Gasteiger partial charge in [-0.2, -0.15) is 0 Å². The van der Waals surface area contributed by atoms with Crippen LogP contribution >= 0.6 is 27.5 Å². The third kappa shape index (κ3) is 3.22. The number of aromatic nitrogens is 1. The minimum Gasteiger partial charge on any atom is -0.335 e. The number of halogens is 2. The molecule has 1 amide bonds. The van der Waals surface area contributed by atoms with Crippen molar-refractivity contribution in [1.82, 2.24) is 14.8 Å². The highest BCUT2D eigenvalue weighted by molar-refractivity contribution is 9.10. The van der Waals surface area contributed by atoms with Gasteiger partial charge in [0.2, 0.25) is 0 Å². The summed E-state index contributed by atoms with van der Waals surface area (Å²) in [7, 11) is 0. The summed E-state index contributed by atoms with van der Waals surface area (Å²) in [5.41, 5.74) is 0.489. The number of amides is 1. The van der Waals surface area contributed by atoms with Gasteiger partial charge in [-0.15, -0.1) is 11.6 Å². The van der Waals surface area contributed by atoms with Crippen molar-refractivity contribution in [2.24, 2.45) is 0 Å². The van der Waals surface area contributed by atoms with Gasteiger partial charge in [-0.25, -0.2) is 4.98 Å². The van der Waals surface area contributed by atoms with Gasteiger partial charge in [-0.1, -0.05) is 0 Å². The molecular weight excluding hydrogens is 318 g/mol. The molecule has 6 heteroatoms. The number of hydrogen-bond acceptors (Lipinski definition) is 3. The molecule has 2 heterocycles. The summed E-state index contributed by atoms with van der Waals surface area (Å²) < 4.78 is 0.748. The maximum atomic E-state index is 12.3. The molecule has 4 nitrogen and oxygen atoms in total. The molecular formula is C12H15BrClN3O. The van der Waals surface area contributed by atoms with E-state index >= 15 is 0 Å². The molecule has 98 valence electrons. The molecule has 1 aliphatic heterocycles. The van der Waals surface area contributed by atoms with E-state index in [2.05, 4.69) is 25.8 Å². The fraction of sp³-hybridized carbons (Fsp3) is 0.500. The molecule has 0 atom stereocenters. The summed E-state index contributed by atoms with van der Waals surface area (Å²) in [5.74, 6) is 0.632. The number of nitrogens with zero attached hydrogens (tertiary/aromatic N) is 3. The largest absolute Gasteiger partial charge is 0.335 e. The van der Waals surface area contributed by atoms with Crippen LogP contribution in [-0.4, -0.2) is 59.3 Å². The highest BCUT2D eigenvalue weighted by atomic mass is 79.9. The molecule has 0 aromatic carbocycles. The summed E-state index contributed by atoms with van der Waals surface area (Å²) in [6, 6.07) is 3.64. The summed E-state index contributed by atoms with van der Waals surface area (Å²) in [6.45, 7) is 4.11. The van der Waals surface area contributed by atoms with Crippen LogP contribution < -0.4 is 0 Å². The molecule has 1 fully saturated rings. The first-order valence-electron chi connectivity index (χ1n) is 5.90. The van der Waals surface area contributed by atoms with Crippen molar-refractivity contribution in [3.05, 3.63) is 28.5 Å². The summed E-state index contributed by atoms with van der Waals surface area (Å²) in [4.78, 5) is 20.5. The summed E-state index contributed by atoms with van der Waals surface area (Å²) in [6.07, 6.45) is 1.64. The second-order valence-electron chi connectivity index (χ2n) is 4.16. The highest BCUT2D eigenvalue weighted by Crippen LogP contribution is 2.16. The zero-order valence-corrected chi connectivity index (χ0v) is 12.3. The van der Waals surface area contributed by atoms with Crippen LogP contribution in [0.25, 0.3) is 0 Å². The molecule has 0 unspecified atom stereocenters. The average Bonchev–Trinajstić information content (AvgIpc) is 2.40. The number of rotatable bonds is 3. The molecule has 2 rings (SSSR count). The smallest absolute Gasteiger partial charge is 0.273 e. The second kappa shape index (κ2) is 6.50. The van der Waals surface area contributed by atoms with Crippen molar-refractivity contribution in [1.29, 1.82) is 0 Å². The third-order valence-corrected chi connectivity index (χ3v) is 3.83. The van der Waals surface area contributed by atoms with Gasteiger partial charge in [-0.3, -0.25) is 9.69 Å². The van der Waals surface area contributed by atoms with E-state index in [-0.39, 0.29) is 5.91 Å². The molecule has 1 aromatic rings. The Morgan fingerprint density at radius 3 is 2.72 bits per heavy atom. The van der Waals surface area contributed by atoms with Crippen LogP contribution in [0.3, 0.4) is 0 Å². The molecule has 0 N–H and O–H groups in total. The van der Waals surface area contributed by atoms with E-state index in [0.717, 1.165) is 37.2 Å². The van der Waals surface area contributed by atoms with Crippen LogP contribution in [0.1, 0.15) is 10.5 Å². The maximum Gasteiger partial charge on any atom is 0.273 e. The molecule has 0 saturated carbocycles. The SMILES string of the molecule is O=C(c1ncccc1Br)N1CCN(CCCl)CC1. The first-order valence-corrected chi connectivity index (χ1v) is 7.23. The lowest BCUT2D eigenvalue weighted by atomic mass is 10.2. The lowest BCUT2D eigenvalue weighted by Crippen LogP contribution is -2.49. The lowest BCUT2D eigenvalue weighted by Gasteiger charge is -2.34. The standard InChI is InChI=1S/C12H15BrClN3O/c13-10-2-1-4-15-11(10)12(18)17-8-6-16(5-3-14)7-9-17/h1-2,4H,3,5-9H2. The molecule has 1 aliphatic rings. The highest BCUT2D eigenvalue weighted by Gasteiger charge is 2.23. The van der Waals surface area contributed by atoms with E-state index < -0.39 is 0 Å². The van der Waals surface area contributed by atoms with E-state index in [1.165, 1.54) is 0 Å². The minimum atomic E-state index is -0.00648. The Morgan fingerprint density at radius 1 is 1.39 bits per heavy atom. The predicted octanol–water partition coefficient (Wildman–Crippen LogP) is 1.84. The maximum absolute atomic E-state index is 12.3. The zero-order chi connectivity index (χ0) is 13.0. The fourth-order valence-electron chi connectivity index (χ4n) is 1.99. The van der Waals surface area contributed by atoms with Crippen molar-refractivity contribution in [2.45, 2.75) is 0 Å². The van der Waals surface area contributed by atoms with Crippen molar-refractivity contribution in [2.75, 3.05) is 38.6 Å². The number of alkyl halides is 1. The first kappa shape index (κ1) is 13.8. The van der Waals surface area contributed by atoms with Gasteiger partial charge in [0, 0.05) is 49.3 Å². The van der Waals surface area contributed by atoms with Crippen LogP contribution in [-0.2, 0) is 0 Å². The number of carbonyl (C=O) groups is 1. The average molecular weight is 333 g/mol. The van der Waals surface area contributed by atoms with Crippen LogP contribution in [0.15, 0.2) is 22.8 Å². The molecule has 0 bridgehead atoms. The minimum absolute atomic E-state index is 0.00648. The normalized spacial score (nSPS) is 16.9. The first-order chi connectivity index (χ1) is 8.72. The Morgan fingerprint density at radius 2 is 2.11 bits per heavy atom. The molecule has 18 heavy (non-hydrogen) atoms. The quantitative estimate of drug-likeness (QED) is 0.793. The van der Waals surface area contributed by atoms with Crippen molar-refractivity contribution >= 4 is 33.4 Å². The predicted molar refractivity (Wildman–Crippen MR) is 75.0 cm³/mol. The van der Waals surface area contributed by atoms with Crippen molar-refractivity contribution in [3.63, 3.8) is 0 Å². The molecule has 0 aliphatic carbocycles. The van der Waals surface area contributed by atoms with Gasteiger partial charge in [0.15, 0.2) is 0 Å². The number of hydrogen-bond donors (Lipinski definition) is 0. The van der Waals surface area contributed by atoms with Gasteiger partial charge in [-0.05, 0) is 28.1 Å². The van der Waals surface area contributed by atoms with Gasteiger partial charge in [0.1, 0.15) is 5.69 Å².